The van der Waals surface area contributed by atoms with Gasteiger partial charge in [-0.1, -0.05) is 187 Å². The fourth-order valence-electron chi connectivity index (χ4n) is 5.68. The molecule has 0 radical (unpaired) electrons. The molecule has 0 fully saturated rings. The summed E-state index contributed by atoms with van der Waals surface area (Å²) in [6, 6.07) is -0.367. The first-order valence-corrected chi connectivity index (χ1v) is 19.6. The number of phosphoric acid groups is 1. The van der Waals surface area contributed by atoms with E-state index in [1.807, 2.05) is 13.3 Å². The van der Waals surface area contributed by atoms with Crippen LogP contribution in [0.25, 0.3) is 0 Å². The van der Waals surface area contributed by atoms with Gasteiger partial charge in [0.1, 0.15) is 5.78 Å². The van der Waals surface area contributed by atoms with E-state index in [-0.39, 0.29) is 41.5 Å². The van der Waals surface area contributed by atoms with E-state index in [0.29, 0.717) is 5.78 Å². The van der Waals surface area contributed by atoms with Gasteiger partial charge < -0.3 is 31.6 Å². The normalized spacial score (nSPS) is 12.7. The van der Waals surface area contributed by atoms with Crippen LogP contribution in [0.1, 0.15) is 201 Å². The molecule has 0 aliphatic rings. The van der Waals surface area contributed by atoms with Gasteiger partial charge in [0, 0.05) is 5.92 Å². The zero-order chi connectivity index (χ0) is 31.7. The Balaban J connectivity index is -0.00000244. The van der Waals surface area contributed by atoms with Crippen LogP contribution in [0.3, 0.4) is 0 Å². The van der Waals surface area contributed by atoms with Crippen LogP contribution in [-0.2, 0) is 9.36 Å². The van der Waals surface area contributed by atoms with E-state index in [2.05, 4.69) is 13.8 Å². The van der Waals surface area contributed by atoms with E-state index < -0.39 is 7.82 Å². The third-order valence-electron chi connectivity index (χ3n) is 8.40. The van der Waals surface area contributed by atoms with E-state index in [1.165, 1.54) is 167 Å². The quantitative estimate of drug-likeness (QED) is 0.0266. The molecule has 0 rings (SSSR count). The Kier molecular flexibility index (Phi) is 41.6. The van der Waals surface area contributed by atoms with Gasteiger partial charge in [-0.15, -0.1) is 0 Å². The number of nitrogens with two attached hydrogens (primary N) is 1. The van der Waals surface area contributed by atoms with Crippen molar-refractivity contribution in [3.63, 3.8) is 0 Å². The molecule has 0 aliphatic carbocycles. The third-order valence-corrected chi connectivity index (χ3v) is 8.40. The molecule has 0 spiro atoms. The zero-order valence-electron chi connectivity index (χ0n) is 29.2. The summed E-state index contributed by atoms with van der Waals surface area (Å²) in [4.78, 5) is 34.4. The number of carbonyl (C=O) groups excluding carboxylic acids is 1. The van der Waals surface area contributed by atoms with Crippen molar-refractivity contribution < 1.29 is 53.6 Å². The number of unbranched alkanes of at least 4 members (excludes halogenated alkanes) is 24. The van der Waals surface area contributed by atoms with Crippen LogP contribution in [0, 0.1) is 12.3 Å². The second kappa shape index (κ2) is 37.2. The predicted molar refractivity (Wildman–Crippen MR) is 181 cm³/mol. The molecular formula is C35H73NNaO5P. The van der Waals surface area contributed by atoms with E-state index in [0.717, 1.165) is 12.8 Å². The van der Waals surface area contributed by atoms with Crippen molar-refractivity contribution in [3.8, 4) is 0 Å². The molecule has 2 unspecified atom stereocenters. The minimum atomic E-state index is -4.64. The summed E-state index contributed by atoms with van der Waals surface area (Å²) in [6.45, 7) is 6.50. The summed E-state index contributed by atoms with van der Waals surface area (Å²) in [5, 5.41) is 0. The van der Waals surface area contributed by atoms with Gasteiger partial charge in [0.15, 0.2) is 0 Å². The average molecular weight is 642 g/mol. The van der Waals surface area contributed by atoms with Crippen molar-refractivity contribution in [2.45, 2.75) is 207 Å². The molecule has 8 heteroatoms. The van der Waals surface area contributed by atoms with Crippen molar-refractivity contribution in [2.75, 3.05) is 0 Å². The van der Waals surface area contributed by atoms with Crippen LogP contribution >= 0.6 is 7.82 Å². The third kappa shape index (κ3) is 42.7. The largest absolute Gasteiger partial charge is 1.00 e. The van der Waals surface area contributed by atoms with Gasteiger partial charge in [-0.05, 0) is 12.8 Å². The van der Waals surface area contributed by atoms with E-state index in [4.69, 9.17) is 25.0 Å². The Labute approximate surface area is 290 Å². The van der Waals surface area contributed by atoms with Crippen LogP contribution in [0.15, 0.2) is 0 Å². The molecule has 6 nitrogen and oxygen atoms in total. The van der Waals surface area contributed by atoms with Crippen LogP contribution in [0.5, 0.6) is 0 Å². The SMILES string of the molecule is C[CH-]C(N)C(=O)C(CCCCCCCCCCCCCC)CCCCCCCCCCCCCCCC.O=P(O)(O)O.[Na+]. The van der Waals surface area contributed by atoms with Crippen LogP contribution in [0.2, 0.25) is 0 Å². The predicted octanol–water partition coefficient (Wildman–Crippen LogP) is 7.76. The Hall–Kier alpha value is 0.740. The van der Waals surface area contributed by atoms with E-state index >= 15 is 0 Å². The van der Waals surface area contributed by atoms with Gasteiger partial charge in [-0.2, -0.15) is 6.92 Å². The second-order valence-corrected chi connectivity index (χ2v) is 13.6. The van der Waals surface area contributed by atoms with Crippen LogP contribution in [0.4, 0.5) is 0 Å². The molecule has 0 heterocycles. The number of rotatable bonds is 31. The molecular weight excluding hydrogens is 568 g/mol. The Morgan fingerprint density at radius 1 is 0.558 bits per heavy atom. The molecule has 0 aliphatic heterocycles. The fourth-order valence-corrected chi connectivity index (χ4v) is 5.68. The zero-order valence-corrected chi connectivity index (χ0v) is 32.1. The van der Waals surface area contributed by atoms with Crippen molar-refractivity contribution in [1.29, 1.82) is 0 Å². The van der Waals surface area contributed by atoms with Gasteiger partial charge in [-0.3, -0.25) is 0 Å². The molecule has 0 aromatic rings. The molecule has 0 aromatic heterocycles. The summed E-state index contributed by atoms with van der Waals surface area (Å²) in [7, 11) is -4.64. The van der Waals surface area contributed by atoms with Gasteiger partial charge >= 0.3 is 37.4 Å². The second-order valence-electron chi connectivity index (χ2n) is 12.5. The monoisotopic (exact) mass is 642 g/mol. The Morgan fingerprint density at radius 2 is 0.767 bits per heavy atom. The molecule has 43 heavy (non-hydrogen) atoms. The molecule has 254 valence electrons. The molecule has 0 saturated heterocycles. The van der Waals surface area contributed by atoms with E-state index in [9.17, 15) is 4.79 Å². The Morgan fingerprint density at radius 3 is 0.977 bits per heavy atom. The minimum absolute atomic E-state index is 0. The maximum Gasteiger partial charge on any atom is 1.00 e. The van der Waals surface area contributed by atoms with Gasteiger partial charge in [0.05, 0.1) is 0 Å². The number of carbonyl (C=O) groups is 1. The van der Waals surface area contributed by atoms with Gasteiger partial charge in [0.25, 0.3) is 0 Å². The summed E-state index contributed by atoms with van der Waals surface area (Å²) < 4.78 is 8.88. The maximum atomic E-state index is 12.8. The first-order chi connectivity index (χ1) is 20.2. The van der Waals surface area contributed by atoms with Crippen molar-refractivity contribution in [3.05, 3.63) is 6.42 Å². The molecule has 0 aromatic carbocycles. The summed E-state index contributed by atoms with van der Waals surface area (Å²) in [6.07, 6.45) is 39.8. The molecule has 0 bridgehead atoms. The summed E-state index contributed by atoms with van der Waals surface area (Å²) >= 11 is 0. The van der Waals surface area contributed by atoms with Crippen molar-refractivity contribution in [2.24, 2.45) is 11.7 Å². The van der Waals surface area contributed by atoms with Crippen LogP contribution < -0.4 is 35.3 Å². The standard InChI is InChI=1S/C35H70NO.Na.H3O4P/c1-4-7-9-11-13-15-17-19-20-22-24-26-28-30-32-33(35(37)34(36)6-3)31-29-27-25-23-21-18-16-14-12-10-8-5-2;;1-5(2,3)4/h6,33-34H,4-5,7-32,36H2,1-3H3;;(H3,1,2,3,4)/q-1;+1;. The van der Waals surface area contributed by atoms with Crippen LogP contribution in [-0.4, -0.2) is 26.5 Å². The summed E-state index contributed by atoms with van der Waals surface area (Å²) in [5.74, 6) is 0.479. The van der Waals surface area contributed by atoms with Crippen molar-refractivity contribution in [1.82, 2.24) is 0 Å². The minimum Gasteiger partial charge on any atom is -0.350 e. The molecule has 0 amide bonds. The first-order valence-electron chi connectivity index (χ1n) is 18.0. The number of Topliss-reactive ketones (excluding diaryl/α,β-unsaturated/α-hetero) is 1. The van der Waals surface area contributed by atoms with Crippen molar-refractivity contribution >= 4 is 13.6 Å². The maximum absolute atomic E-state index is 12.8. The topological polar surface area (TPSA) is 121 Å². The first kappa shape index (κ1) is 48.1. The van der Waals surface area contributed by atoms with Gasteiger partial charge in [-0.25, -0.2) is 4.57 Å². The van der Waals surface area contributed by atoms with Gasteiger partial charge in [0.2, 0.25) is 0 Å². The molecule has 0 saturated carbocycles. The number of ketones is 1. The number of hydrogen-bond acceptors (Lipinski definition) is 3. The van der Waals surface area contributed by atoms with E-state index in [1.54, 1.807) is 0 Å². The summed E-state index contributed by atoms with van der Waals surface area (Å²) in [5.41, 5.74) is 6.10. The smallest absolute Gasteiger partial charge is 0.350 e. The molecule has 5 N–H and O–H groups in total. The fraction of sp³-hybridized carbons (Fsp3) is 0.943. The molecule has 2 atom stereocenters. The Bertz CT molecular complexity index is 597. The average Bonchev–Trinajstić information content (AvgIpc) is 2.95. The number of hydrogen-bond donors (Lipinski definition) is 4.